The first kappa shape index (κ1) is 10.5. The molecule has 0 unspecified atom stereocenters. The van der Waals surface area contributed by atoms with Crippen LogP contribution in [-0.2, 0) is 4.74 Å². The van der Waals surface area contributed by atoms with Crippen molar-refractivity contribution in [1.29, 1.82) is 5.26 Å². The van der Waals surface area contributed by atoms with E-state index in [1.165, 1.54) is 0 Å². The normalized spacial score (nSPS) is 10.8. The molecular weight excluding hydrogens is 202 g/mol. The molecular formula is C9H8ClN3O. The SMILES string of the molecule is CCO/C(=N\C#N)c1cccnc1Cl. The molecule has 0 fully saturated rings. The molecule has 0 saturated heterocycles. The molecule has 1 heterocycles. The number of nitriles is 1. The highest BCUT2D eigenvalue weighted by Gasteiger charge is 2.09. The van der Waals surface area contributed by atoms with Crippen LogP contribution < -0.4 is 0 Å². The second kappa shape index (κ2) is 5.20. The van der Waals surface area contributed by atoms with Crippen molar-refractivity contribution in [1.82, 2.24) is 4.98 Å². The fourth-order valence-corrected chi connectivity index (χ4v) is 1.10. The Bertz CT molecular complexity index is 384. The molecule has 0 saturated carbocycles. The predicted octanol–water partition coefficient (Wildman–Crippen LogP) is 2.00. The first-order chi connectivity index (χ1) is 6.79. The zero-order chi connectivity index (χ0) is 10.4. The minimum Gasteiger partial charge on any atom is -0.477 e. The number of aromatic nitrogens is 1. The third kappa shape index (κ3) is 2.44. The van der Waals surface area contributed by atoms with E-state index in [9.17, 15) is 0 Å². The molecule has 4 nitrogen and oxygen atoms in total. The van der Waals surface area contributed by atoms with Gasteiger partial charge in [0, 0.05) is 6.20 Å². The van der Waals surface area contributed by atoms with Gasteiger partial charge in [-0.3, -0.25) is 0 Å². The lowest BCUT2D eigenvalue weighted by molar-refractivity contribution is 0.329. The van der Waals surface area contributed by atoms with E-state index in [2.05, 4.69) is 9.98 Å². The second-order valence-electron chi connectivity index (χ2n) is 2.29. The molecule has 0 bridgehead atoms. The van der Waals surface area contributed by atoms with Gasteiger partial charge in [0.15, 0.2) is 0 Å². The van der Waals surface area contributed by atoms with Gasteiger partial charge < -0.3 is 4.74 Å². The number of halogens is 1. The van der Waals surface area contributed by atoms with Crippen LogP contribution in [0.4, 0.5) is 0 Å². The maximum Gasteiger partial charge on any atom is 0.234 e. The van der Waals surface area contributed by atoms with Crippen molar-refractivity contribution in [2.45, 2.75) is 6.92 Å². The molecule has 14 heavy (non-hydrogen) atoms. The molecule has 1 rings (SSSR count). The van der Waals surface area contributed by atoms with Gasteiger partial charge in [0.1, 0.15) is 5.15 Å². The van der Waals surface area contributed by atoms with Gasteiger partial charge in [-0.2, -0.15) is 5.26 Å². The molecule has 0 aliphatic carbocycles. The number of pyridine rings is 1. The minimum atomic E-state index is 0.202. The zero-order valence-electron chi connectivity index (χ0n) is 7.57. The smallest absolute Gasteiger partial charge is 0.234 e. The average Bonchev–Trinajstić information content (AvgIpc) is 2.18. The molecule has 0 aliphatic rings. The van der Waals surface area contributed by atoms with Gasteiger partial charge in [-0.25, -0.2) is 4.98 Å². The van der Waals surface area contributed by atoms with E-state index in [0.717, 1.165) is 0 Å². The highest BCUT2D eigenvalue weighted by molar-refractivity contribution is 6.32. The van der Waals surface area contributed by atoms with Crippen molar-refractivity contribution < 1.29 is 4.74 Å². The van der Waals surface area contributed by atoms with Gasteiger partial charge in [0.2, 0.25) is 12.1 Å². The molecule has 0 radical (unpaired) electrons. The van der Waals surface area contributed by atoms with E-state index in [0.29, 0.717) is 12.2 Å². The summed E-state index contributed by atoms with van der Waals surface area (Å²) >= 11 is 5.81. The van der Waals surface area contributed by atoms with Crippen LogP contribution in [0.2, 0.25) is 5.15 Å². The van der Waals surface area contributed by atoms with E-state index in [1.54, 1.807) is 31.4 Å². The Morgan fingerprint density at radius 1 is 1.79 bits per heavy atom. The van der Waals surface area contributed by atoms with Crippen LogP contribution in [0, 0.1) is 11.5 Å². The highest BCUT2D eigenvalue weighted by atomic mass is 35.5. The first-order valence-corrected chi connectivity index (χ1v) is 4.37. The Morgan fingerprint density at radius 2 is 2.57 bits per heavy atom. The summed E-state index contributed by atoms with van der Waals surface area (Å²) in [6.45, 7) is 2.23. The summed E-state index contributed by atoms with van der Waals surface area (Å²) in [7, 11) is 0. The van der Waals surface area contributed by atoms with Crippen molar-refractivity contribution in [2.24, 2.45) is 4.99 Å². The fraction of sp³-hybridized carbons (Fsp3) is 0.222. The zero-order valence-corrected chi connectivity index (χ0v) is 8.32. The predicted molar refractivity (Wildman–Crippen MR) is 53.0 cm³/mol. The van der Waals surface area contributed by atoms with E-state index < -0.39 is 0 Å². The Hall–Kier alpha value is -1.60. The molecule has 0 aromatic carbocycles. The van der Waals surface area contributed by atoms with Crippen LogP contribution in [0.3, 0.4) is 0 Å². The van der Waals surface area contributed by atoms with Crippen LogP contribution in [-0.4, -0.2) is 17.5 Å². The topological polar surface area (TPSA) is 58.3 Å². The van der Waals surface area contributed by atoms with Crippen LogP contribution in [0.15, 0.2) is 23.3 Å². The Kier molecular flexibility index (Phi) is 3.89. The van der Waals surface area contributed by atoms with E-state index >= 15 is 0 Å². The summed E-state index contributed by atoms with van der Waals surface area (Å²) in [5, 5.41) is 8.71. The number of aliphatic imine (C=N–C) groups is 1. The average molecular weight is 210 g/mol. The van der Waals surface area contributed by atoms with Gasteiger partial charge in [-0.05, 0) is 19.1 Å². The van der Waals surface area contributed by atoms with Crippen LogP contribution >= 0.6 is 11.6 Å². The Morgan fingerprint density at radius 3 is 3.14 bits per heavy atom. The van der Waals surface area contributed by atoms with Crippen molar-refractivity contribution in [3.05, 3.63) is 29.0 Å². The molecule has 0 amide bonds. The van der Waals surface area contributed by atoms with E-state index in [4.69, 9.17) is 21.6 Å². The maximum atomic E-state index is 8.43. The number of ether oxygens (including phenoxy) is 1. The summed E-state index contributed by atoms with van der Waals surface area (Å²) in [5.41, 5.74) is 0.526. The first-order valence-electron chi connectivity index (χ1n) is 4.00. The second-order valence-corrected chi connectivity index (χ2v) is 2.65. The molecule has 5 heteroatoms. The van der Waals surface area contributed by atoms with E-state index in [1.807, 2.05) is 0 Å². The molecule has 0 spiro atoms. The largest absolute Gasteiger partial charge is 0.477 e. The summed E-state index contributed by atoms with van der Waals surface area (Å²) in [5.74, 6) is 0.202. The molecule has 1 aromatic rings. The minimum absolute atomic E-state index is 0.202. The van der Waals surface area contributed by atoms with Crippen molar-refractivity contribution >= 4 is 17.5 Å². The third-order valence-electron chi connectivity index (χ3n) is 1.42. The van der Waals surface area contributed by atoms with Gasteiger partial charge >= 0.3 is 0 Å². The number of rotatable bonds is 2. The van der Waals surface area contributed by atoms with Gasteiger partial charge in [-0.15, -0.1) is 4.99 Å². The van der Waals surface area contributed by atoms with E-state index in [-0.39, 0.29) is 11.1 Å². The summed E-state index contributed by atoms with van der Waals surface area (Å²) in [6, 6.07) is 3.40. The van der Waals surface area contributed by atoms with Crippen molar-refractivity contribution in [3.63, 3.8) is 0 Å². The molecule has 1 aromatic heterocycles. The number of nitrogens with zero attached hydrogens (tertiary/aromatic N) is 3. The van der Waals surface area contributed by atoms with Gasteiger partial charge in [0.25, 0.3) is 0 Å². The number of hydrogen-bond acceptors (Lipinski definition) is 4. The quantitative estimate of drug-likeness (QED) is 0.324. The highest BCUT2D eigenvalue weighted by Crippen LogP contribution is 2.13. The maximum absolute atomic E-state index is 8.43. The summed E-state index contributed by atoms with van der Waals surface area (Å²) in [6.07, 6.45) is 3.21. The molecule has 0 atom stereocenters. The van der Waals surface area contributed by atoms with Crippen LogP contribution in [0.5, 0.6) is 0 Å². The lowest BCUT2D eigenvalue weighted by atomic mass is 10.3. The fourth-order valence-electron chi connectivity index (χ4n) is 0.898. The number of hydrogen-bond donors (Lipinski definition) is 0. The Labute approximate surface area is 86.8 Å². The van der Waals surface area contributed by atoms with Crippen molar-refractivity contribution in [3.8, 4) is 6.19 Å². The van der Waals surface area contributed by atoms with Crippen LogP contribution in [0.1, 0.15) is 12.5 Å². The molecule has 0 N–H and O–H groups in total. The summed E-state index contributed by atoms with van der Waals surface area (Å²) < 4.78 is 5.15. The van der Waals surface area contributed by atoms with Gasteiger partial charge in [-0.1, -0.05) is 11.6 Å². The Balaban J connectivity index is 3.07. The summed E-state index contributed by atoms with van der Waals surface area (Å²) in [4.78, 5) is 7.38. The molecule has 72 valence electrons. The lowest BCUT2D eigenvalue weighted by Crippen LogP contribution is -2.07. The van der Waals surface area contributed by atoms with Gasteiger partial charge in [0.05, 0.1) is 12.2 Å². The third-order valence-corrected chi connectivity index (χ3v) is 1.72. The van der Waals surface area contributed by atoms with Crippen LogP contribution in [0.25, 0.3) is 0 Å². The standard InChI is InChI=1S/C9H8ClN3O/c1-2-14-9(13-6-11)7-4-3-5-12-8(7)10/h3-5H,2H2,1H3/b13-9-. The molecule has 0 aliphatic heterocycles. The monoisotopic (exact) mass is 209 g/mol. The lowest BCUT2D eigenvalue weighted by Gasteiger charge is -2.05. The van der Waals surface area contributed by atoms with Crippen molar-refractivity contribution in [2.75, 3.05) is 6.61 Å².